The molecule has 1 fully saturated rings. The number of rotatable bonds is 3. The normalized spacial score (nSPS) is 18.4. The molecule has 9 heteroatoms. The van der Waals surface area contributed by atoms with Crippen LogP contribution < -0.4 is 15.1 Å². The van der Waals surface area contributed by atoms with Gasteiger partial charge in [-0.15, -0.1) is 0 Å². The maximum absolute atomic E-state index is 12.8. The number of hydrogen-bond acceptors (Lipinski definition) is 5. The molecule has 2 aliphatic heterocycles. The molecule has 2 aliphatic rings. The largest absolute Gasteiger partial charge is 0.353 e. The molecule has 0 bridgehead atoms. The van der Waals surface area contributed by atoms with E-state index in [0.29, 0.717) is 38.3 Å². The summed E-state index contributed by atoms with van der Waals surface area (Å²) in [6.07, 6.45) is 1.73. The van der Waals surface area contributed by atoms with E-state index in [0.717, 1.165) is 16.0 Å². The monoisotopic (exact) mass is 471 g/mol. The molecular formula is C21H22BrN5O3. The fourth-order valence-electron chi connectivity index (χ4n) is 3.89. The van der Waals surface area contributed by atoms with Gasteiger partial charge in [0, 0.05) is 54.6 Å². The Kier molecular flexibility index (Phi) is 5.72. The second-order valence-electron chi connectivity index (χ2n) is 7.16. The van der Waals surface area contributed by atoms with Gasteiger partial charge < -0.3 is 20.0 Å². The topological polar surface area (TPSA) is 85.8 Å². The summed E-state index contributed by atoms with van der Waals surface area (Å²) in [5.41, 5.74) is 1.45. The number of anilines is 2. The zero-order valence-corrected chi connectivity index (χ0v) is 18.1. The number of aromatic nitrogens is 1. The Morgan fingerprint density at radius 3 is 2.60 bits per heavy atom. The molecule has 4 rings (SSSR count). The van der Waals surface area contributed by atoms with Gasteiger partial charge in [-0.1, -0.05) is 22.0 Å². The molecule has 1 N–H and O–H groups in total. The third-order valence-corrected chi connectivity index (χ3v) is 5.92. The van der Waals surface area contributed by atoms with Crippen LogP contribution in [-0.2, 0) is 14.4 Å². The number of hydrogen-bond donors (Lipinski definition) is 1. The number of nitrogens with one attached hydrogen (secondary N) is 1. The van der Waals surface area contributed by atoms with Crippen LogP contribution in [0.25, 0.3) is 0 Å². The maximum atomic E-state index is 12.8. The van der Waals surface area contributed by atoms with Crippen molar-refractivity contribution >= 4 is 45.2 Å². The Morgan fingerprint density at radius 2 is 1.93 bits per heavy atom. The summed E-state index contributed by atoms with van der Waals surface area (Å²) in [5, 5.41) is 2.65. The Bertz CT molecular complexity index is 976. The Morgan fingerprint density at radius 1 is 1.17 bits per heavy atom. The minimum atomic E-state index is -0.858. The van der Waals surface area contributed by atoms with Gasteiger partial charge in [0.15, 0.2) is 0 Å². The van der Waals surface area contributed by atoms with E-state index in [4.69, 9.17) is 0 Å². The lowest BCUT2D eigenvalue weighted by atomic mass is 10.1. The molecule has 1 atom stereocenters. The molecule has 1 aromatic heterocycles. The lowest BCUT2D eigenvalue weighted by Crippen LogP contribution is -2.53. The molecule has 1 unspecified atom stereocenters. The van der Waals surface area contributed by atoms with Crippen molar-refractivity contribution in [3.05, 3.63) is 52.6 Å². The first-order valence-electron chi connectivity index (χ1n) is 9.86. The SMILES string of the molecule is CCN1C(=O)C(NC(=O)C(=O)N2CCN(c3ccccn3)CC2)c2cc(Br)ccc21. The van der Waals surface area contributed by atoms with Crippen LogP contribution in [0, 0.1) is 0 Å². The van der Waals surface area contributed by atoms with Gasteiger partial charge in [-0.3, -0.25) is 14.4 Å². The molecule has 30 heavy (non-hydrogen) atoms. The Balaban J connectivity index is 1.42. The van der Waals surface area contributed by atoms with E-state index >= 15 is 0 Å². The molecule has 156 valence electrons. The fourth-order valence-corrected chi connectivity index (χ4v) is 4.27. The van der Waals surface area contributed by atoms with E-state index in [1.165, 1.54) is 4.90 Å². The van der Waals surface area contributed by atoms with Crippen LogP contribution in [0.1, 0.15) is 18.5 Å². The van der Waals surface area contributed by atoms with Crippen molar-refractivity contribution in [2.75, 3.05) is 42.5 Å². The average molecular weight is 472 g/mol. The Labute approximate surface area is 183 Å². The van der Waals surface area contributed by atoms with Crippen LogP contribution in [-0.4, -0.2) is 60.3 Å². The number of benzene rings is 1. The first-order chi connectivity index (χ1) is 14.5. The van der Waals surface area contributed by atoms with Crippen molar-refractivity contribution in [1.82, 2.24) is 15.2 Å². The molecule has 3 heterocycles. The predicted octanol–water partition coefficient (Wildman–Crippen LogP) is 1.72. The molecule has 0 radical (unpaired) electrons. The maximum Gasteiger partial charge on any atom is 0.312 e. The number of nitrogens with zero attached hydrogens (tertiary/aromatic N) is 4. The molecule has 3 amide bonds. The molecule has 1 aromatic carbocycles. The second-order valence-corrected chi connectivity index (χ2v) is 8.07. The quantitative estimate of drug-likeness (QED) is 0.688. The number of carbonyl (C=O) groups is 3. The number of pyridine rings is 1. The summed E-state index contributed by atoms with van der Waals surface area (Å²) in [6, 6.07) is 10.3. The van der Waals surface area contributed by atoms with E-state index in [1.807, 2.05) is 43.3 Å². The van der Waals surface area contributed by atoms with Crippen LogP contribution in [0.15, 0.2) is 47.1 Å². The van der Waals surface area contributed by atoms with Crippen LogP contribution in [0.2, 0.25) is 0 Å². The zero-order valence-electron chi connectivity index (χ0n) is 16.5. The van der Waals surface area contributed by atoms with Gasteiger partial charge in [0.2, 0.25) is 0 Å². The highest BCUT2D eigenvalue weighted by Crippen LogP contribution is 2.37. The number of likely N-dealkylation sites (N-methyl/N-ethyl adjacent to an activating group) is 1. The van der Waals surface area contributed by atoms with E-state index in [2.05, 4.69) is 31.1 Å². The number of halogens is 1. The smallest absolute Gasteiger partial charge is 0.312 e. The standard InChI is InChI=1S/C21H22BrN5O3/c1-2-27-16-7-6-14(22)13-15(16)18(20(27)29)24-19(28)21(30)26-11-9-25(10-12-26)17-5-3-4-8-23-17/h3-8,13,18H,2,9-12H2,1H3,(H,24,28). The molecule has 1 saturated heterocycles. The number of fused-ring (bicyclic) bond motifs is 1. The first kappa shape index (κ1) is 20.3. The highest BCUT2D eigenvalue weighted by atomic mass is 79.9. The van der Waals surface area contributed by atoms with Gasteiger partial charge in [0.05, 0.1) is 0 Å². The lowest BCUT2D eigenvalue weighted by Gasteiger charge is -2.35. The summed E-state index contributed by atoms with van der Waals surface area (Å²) in [5.74, 6) is -0.752. The molecule has 2 aromatic rings. The summed E-state index contributed by atoms with van der Waals surface area (Å²) in [7, 11) is 0. The summed E-state index contributed by atoms with van der Waals surface area (Å²) >= 11 is 3.41. The highest BCUT2D eigenvalue weighted by molar-refractivity contribution is 9.10. The second kappa shape index (κ2) is 8.43. The average Bonchev–Trinajstić information content (AvgIpc) is 3.04. The van der Waals surface area contributed by atoms with Crippen molar-refractivity contribution in [3.63, 3.8) is 0 Å². The molecule has 0 saturated carbocycles. The van der Waals surface area contributed by atoms with E-state index in [-0.39, 0.29) is 5.91 Å². The zero-order chi connectivity index (χ0) is 21.3. The minimum Gasteiger partial charge on any atom is -0.353 e. The van der Waals surface area contributed by atoms with Gasteiger partial charge in [0.1, 0.15) is 11.9 Å². The van der Waals surface area contributed by atoms with Crippen molar-refractivity contribution < 1.29 is 14.4 Å². The third kappa shape index (κ3) is 3.77. The fraction of sp³-hybridized carbons (Fsp3) is 0.333. The molecule has 0 aliphatic carbocycles. The van der Waals surface area contributed by atoms with Crippen molar-refractivity contribution in [2.45, 2.75) is 13.0 Å². The molecule has 0 spiro atoms. The Hall–Kier alpha value is -2.94. The molecule has 8 nitrogen and oxygen atoms in total. The van der Waals surface area contributed by atoms with Gasteiger partial charge in [-0.05, 0) is 37.3 Å². The number of piperazine rings is 1. The van der Waals surface area contributed by atoms with Crippen LogP contribution in [0.4, 0.5) is 11.5 Å². The van der Waals surface area contributed by atoms with E-state index in [1.54, 1.807) is 11.1 Å². The van der Waals surface area contributed by atoms with Crippen molar-refractivity contribution in [3.8, 4) is 0 Å². The molecular weight excluding hydrogens is 450 g/mol. The van der Waals surface area contributed by atoms with E-state index in [9.17, 15) is 14.4 Å². The van der Waals surface area contributed by atoms with E-state index < -0.39 is 17.9 Å². The number of amides is 3. The lowest BCUT2D eigenvalue weighted by molar-refractivity contribution is -0.146. The third-order valence-electron chi connectivity index (χ3n) is 5.43. The van der Waals surface area contributed by atoms with Gasteiger partial charge in [0.25, 0.3) is 5.91 Å². The van der Waals surface area contributed by atoms with Crippen LogP contribution in [0.5, 0.6) is 0 Å². The van der Waals surface area contributed by atoms with Crippen LogP contribution in [0.3, 0.4) is 0 Å². The highest BCUT2D eigenvalue weighted by Gasteiger charge is 2.39. The van der Waals surface area contributed by atoms with Crippen LogP contribution >= 0.6 is 15.9 Å². The summed E-state index contributed by atoms with van der Waals surface area (Å²) in [4.78, 5) is 47.7. The van der Waals surface area contributed by atoms with Crippen molar-refractivity contribution in [1.29, 1.82) is 0 Å². The first-order valence-corrected chi connectivity index (χ1v) is 10.7. The number of carbonyl (C=O) groups excluding carboxylic acids is 3. The predicted molar refractivity (Wildman–Crippen MR) is 116 cm³/mol. The minimum absolute atomic E-state index is 0.230. The van der Waals surface area contributed by atoms with Gasteiger partial charge >= 0.3 is 11.8 Å². The van der Waals surface area contributed by atoms with Gasteiger partial charge in [-0.25, -0.2) is 4.98 Å². The van der Waals surface area contributed by atoms with Gasteiger partial charge in [-0.2, -0.15) is 0 Å². The van der Waals surface area contributed by atoms with Crippen molar-refractivity contribution in [2.24, 2.45) is 0 Å². The summed E-state index contributed by atoms with van der Waals surface area (Å²) in [6.45, 7) is 4.40. The summed E-state index contributed by atoms with van der Waals surface area (Å²) < 4.78 is 0.809.